The van der Waals surface area contributed by atoms with Crippen LogP contribution in [0.2, 0.25) is 0 Å². The molecule has 118 valence electrons. The summed E-state index contributed by atoms with van der Waals surface area (Å²) in [6.07, 6.45) is 3.86. The molecule has 1 saturated heterocycles. The van der Waals surface area contributed by atoms with Crippen molar-refractivity contribution in [3.05, 3.63) is 28.8 Å². The largest absolute Gasteiger partial charge is 0.496 e. The number of rotatable bonds is 5. The fraction of sp³-hybridized carbons (Fsp3) is 0.684. The lowest BCUT2D eigenvalue weighted by Gasteiger charge is -2.25. The maximum absolute atomic E-state index is 5.73. The van der Waals surface area contributed by atoms with Crippen LogP contribution in [0.4, 0.5) is 0 Å². The van der Waals surface area contributed by atoms with Crippen molar-refractivity contribution in [2.24, 2.45) is 5.92 Å². The highest BCUT2D eigenvalue weighted by atomic mass is 16.5. The first-order chi connectivity index (χ1) is 10.0. The topological polar surface area (TPSA) is 21.3 Å². The van der Waals surface area contributed by atoms with Gasteiger partial charge in [-0.15, -0.1) is 0 Å². The van der Waals surface area contributed by atoms with Gasteiger partial charge < -0.3 is 10.1 Å². The Morgan fingerprint density at radius 3 is 2.19 bits per heavy atom. The van der Waals surface area contributed by atoms with Crippen molar-refractivity contribution in [3.8, 4) is 5.75 Å². The highest BCUT2D eigenvalue weighted by Crippen LogP contribution is 2.36. The molecule has 0 amide bonds. The van der Waals surface area contributed by atoms with E-state index in [0.717, 1.165) is 11.7 Å². The van der Waals surface area contributed by atoms with Crippen molar-refractivity contribution in [2.45, 2.75) is 58.8 Å². The molecule has 1 aliphatic heterocycles. The van der Waals surface area contributed by atoms with Gasteiger partial charge in [0, 0.05) is 0 Å². The Balaban J connectivity index is 2.32. The van der Waals surface area contributed by atoms with E-state index in [4.69, 9.17) is 4.74 Å². The second-order valence-electron chi connectivity index (χ2n) is 7.03. The van der Waals surface area contributed by atoms with Gasteiger partial charge >= 0.3 is 0 Å². The van der Waals surface area contributed by atoms with E-state index in [1.54, 1.807) is 7.11 Å². The molecule has 1 heterocycles. The molecule has 2 rings (SSSR count). The maximum Gasteiger partial charge on any atom is 0.125 e. The van der Waals surface area contributed by atoms with Crippen LogP contribution in [-0.4, -0.2) is 20.2 Å². The van der Waals surface area contributed by atoms with Gasteiger partial charge in [-0.25, -0.2) is 0 Å². The molecule has 2 nitrogen and oxygen atoms in total. The van der Waals surface area contributed by atoms with Crippen molar-refractivity contribution in [3.63, 3.8) is 0 Å². The minimum absolute atomic E-state index is 0.502. The number of benzene rings is 1. The summed E-state index contributed by atoms with van der Waals surface area (Å²) in [5.74, 6) is 2.89. The van der Waals surface area contributed by atoms with Crippen molar-refractivity contribution >= 4 is 0 Å². The highest BCUT2D eigenvalue weighted by Gasteiger charge is 2.19. The van der Waals surface area contributed by atoms with Crippen molar-refractivity contribution in [1.82, 2.24) is 5.32 Å². The molecule has 2 heteroatoms. The lowest BCUT2D eigenvalue weighted by molar-refractivity contribution is 0.374. The Hall–Kier alpha value is -1.02. The van der Waals surface area contributed by atoms with Gasteiger partial charge in [0.25, 0.3) is 0 Å². The van der Waals surface area contributed by atoms with Crippen LogP contribution in [0.25, 0.3) is 0 Å². The van der Waals surface area contributed by atoms with Crippen LogP contribution in [0.1, 0.15) is 69.1 Å². The Morgan fingerprint density at radius 2 is 1.76 bits per heavy atom. The van der Waals surface area contributed by atoms with E-state index in [1.807, 2.05) is 0 Å². The van der Waals surface area contributed by atoms with Gasteiger partial charge in [0.05, 0.1) is 7.11 Å². The molecule has 0 aromatic heterocycles. The van der Waals surface area contributed by atoms with Crippen LogP contribution in [0, 0.1) is 5.92 Å². The van der Waals surface area contributed by atoms with Crippen LogP contribution in [-0.2, 0) is 6.42 Å². The molecule has 1 N–H and O–H groups in total. The number of piperidine rings is 1. The minimum atomic E-state index is 0.502. The summed E-state index contributed by atoms with van der Waals surface area (Å²) in [5, 5.41) is 3.53. The van der Waals surface area contributed by atoms with Crippen LogP contribution in [0.3, 0.4) is 0 Å². The average molecular weight is 289 g/mol. The molecule has 0 saturated carbocycles. The summed E-state index contributed by atoms with van der Waals surface area (Å²) < 4.78 is 5.73. The van der Waals surface area contributed by atoms with Gasteiger partial charge in [-0.2, -0.15) is 0 Å². The van der Waals surface area contributed by atoms with E-state index in [0.29, 0.717) is 11.8 Å². The van der Waals surface area contributed by atoms with Gasteiger partial charge in [0.15, 0.2) is 0 Å². The van der Waals surface area contributed by atoms with Gasteiger partial charge in [0.1, 0.15) is 5.75 Å². The molecule has 1 aliphatic rings. The number of ether oxygens (including phenoxy) is 1. The molecule has 1 fully saturated rings. The number of hydrogen-bond donors (Lipinski definition) is 1. The monoisotopic (exact) mass is 289 g/mol. The van der Waals surface area contributed by atoms with Crippen LogP contribution >= 0.6 is 0 Å². The molecule has 0 aliphatic carbocycles. The second kappa shape index (κ2) is 7.31. The molecular weight excluding hydrogens is 258 g/mol. The Bertz CT molecular complexity index is 430. The van der Waals surface area contributed by atoms with E-state index in [9.17, 15) is 0 Å². The summed E-state index contributed by atoms with van der Waals surface area (Å²) in [6.45, 7) is 11.4. The van der Waals surface area contributed by atoms with Gasteiger partial charge in [-0.3, -0.25) is 0 Å². The van der Waals surface area contributed by atoms with Crippen LogP contribution < -0.4 is 10.1 Å². The van der Waals surface area contributed by atoms with E-state index in [2.05, 4.69) is 45.1 Å². The molecule has 0 spiro atoms. The first-order valence-electron chi connectivity index (χ1n) is 8.44. The zero-order valence-electron chi connectivity index (χ0n) is 14.3. The molecule has 21 heavy (non-hydrogen) atoms. The van der Waals surface area contributed by atoms with Crippen molar-refractivity contribution in [2.75, 3.05) is 20.2 Å². The molecular formula is C19H31NO. The van der Waals surface area contributed by atoms with E-state index < -0.39 is 0 Å². The normalized spacial score (nSPS) is 19.3. The SMILES string of the molecule is COc1c(C(C)C)cc(CC2CCCNC2)cc1C(C)C. The summed E-state index contributed by atoms with van der Waals surface area (Å²) >= 11 is 0. The predicted molar refractivity (Wildman–Crippen MR) is 90.5 cm³/mol. The van der Waals surface area contributed by atoms with Crippen molar-refractivity contribution < 1.29 is 4.74 Å². The Labute approximate surface area is 130 Å². The second-order valence-corrected chi connectivity index (χ2v) is 7.03. The third kappa shape index (κ3) is 4.00. The number of methoxy groups -OCH3 is 1. The summed E-state index contributed by atoms with van der Waals surface area (Å²) in [4.78, 5) is 0. The average Bonchev–Trinajstić information content (AvgIpc) is 2.47. The summed E-state index contributed by atoms with van der Waals surface area (Å²) in [5.41, 5.74) is 4.21. The van der Waals surface area contributed by atoms with Gasteiger partial charge in [0.2, 0.25) is 0 Å². The first-order valence-corrected chi connectivity index (χ1v) is 8.44. The lowest BCUT2D eigenvalue weighted by atomic mass is 9.86. The minimum Gasteiger partial charge on any atom is -0.496 e. The maximum atomic E-state index is 5.73. The smallest absolute Gasteiger partial charge is 0.125 e. The van der Waals surface area contributed by atoms with E-state index in [-0.39, 0.29) is 0 Å². The molecule has 0 radical (unpaired) electrons. The first kappa shape index (κ1) is 16.4. The van der Waals surface area contributed by atoms with Crippen LogP contribution in [0.15, 0.2) is 12.1 Å². The molecule has 0 bridgehead atoms. The molecule has 1 aromatic rings. The fourth-order valence-corrected chi connectivity index (χ4v) is 3.38. The molecule has 1 atom stereocenters. The van der Waals surface area contributed by atoms with Gasteiger partial charge in [-0.05, 0) is 66.8 Å². The van der Waals surface area contributed by atoms with Gasteiger partial charge in [-0.1, -0.05) is 39.8 Å². The zero-order chi connectivity index (χ0) is 15.4. The predicted octanol–water partition coefficient (Wildman–Crippen LogP) is 4.48. The lowest BCUT2D eigenvalue weighted by Crippen LogP contribution is -2.30. The van der Waals surface area contributed by atoms with E-state index >= 15 is 0 Å². The number of nitrogens with one attached hydrogen (secondary N) is 1. The quantitative estimate of drug-likeness (QED) is 0.862. The summed E-state index contributed by atoms with van der Waals surface area (Å²) in [6, 6.07) is 4.76. The highest BCUT2D eigenvalue weighted by molar-refractivity contribution is 5.48. The van der Waals surface area contributed by atoms with E-state index in [1.165, 1.54) is 49.0 Å². The number of hydrogen-bond acceptors (Lipinski definition) is 2. The third-order valence-electron chi connectivity index (χ3n) is 4.58. The van der Waals surface area contributed by atoms with Crippen molar-refractivity contribution in [1.29, 1.82) is 0 Å². The fourth-order valence-electron chi connectivity index (χ4n) is 3.38. The third-order valence-corrected chi connectivity index (χ3v) is 4.58. The summed E-state index contributed by atoms with van der Waals surface area (Å²) in [7, 11) is 1.80. The van der Waals surface area contributed by atoms with Crippen LogP contribution in [0.5, 0.6) is 5.75 Å². The zero-order valence-corrected chi connectivity index (χ0v) is 14.3. The Morgan fingerprint density at radius 1 is 1.14 bits per heavy atom. The standard InChI is InChI=1S/C19H31NO/c1-13(2)17-10-16(9-15-7-6-8-20-12-15)11-18(14(3)4)19(17)21-5/h10-11,13-15,20H,6-9,12H2,1-5H3. The molecule has 1 unspecified atom stereocenters. The molecule has 1 aromatic carbocycles. The Kier molecular flexibility index (Phi) is 5.69.